The third kappa shape index (κ3) is 2.91. The van der Waals surface area contributed by atoms with Gasteiger partial charge in [0.05, 0.1) is 0 Å². The fourth-order valence-electron chi connectivity index (χ4n) is 4.52. The van der Waals surface area contributed by atoms with Gasteiger partial charge in [0.15, 0.2) is 0 Å². The van der Waals surface area contributed by atoms with Crippen molar-refractivity contribution in [3.8, 4) is 0 Å². The number of piperidine rings is 1. The van der Waals surface area contributed by atoms with Gasteiger partial charge in [-0.25, -0.2) is 0 Å². The zero-order valence-corrected chi connectivity index (χ0v) is 12.8. The Labute approximate surface area is 113 Å². The lowest BCUT2D eigenvalue weighted by molar-refractivity contribution is -0.0133. The van der Waals surface area contributed by atoms with Crippen LogP contribution < -0.4 is 5.73 Å². The summed E-state index contributed by atoms with van der Waals surface area (Å²) in [4.78, 5) is 2.80. The lowest BCUT2D eigenvalue weighted by Gasteiger charge is -2.51. The normalized spacial score (nSPS) is 41.8. The molecule has 1 aliphatic carbocycles. The van der Waals surface area contributed by atoms with Crippen LogP contribution in [-0.4, -0.2) is 29.6 Å². The Kier molecular flexibility index (Phi) is 4.38. The van der Waals surface area contributed by atoms with Crippen molar-refractivity contribution in [3.05, 3.63) is 0 Å². The third-order valence-electron chi connectivity index (χ3n) is 5.39. The number of nitrogens with two attached hydrogens (primary N) is 1. The van der Waals surface area contributed by atoms with E-state index in [9.17, 15) is 0 Å². The monoisotopic (exact) mass is 252 g/mol. The van der Waals surface area contributed by atoms with E-state index in [1.165, 1.54) is 38.5 Å². The molecule has 2 heteroatoms. The summed E-state index contributed by atoms with van der Waals surface area (Å²) in [6.45, 7) is 10.6. The van der Waals surface area contributed by atoms with Crippen LogP contribution in [0, 0.1) is 11.3 Å². The average molecular weight is 252 g/mol. The first-order valence-corrected chi connectivity index (χ1v) is 7.92. The van der Waals surface area contributed by atoms with Crippen molar-refractivity contribution in [2.75, 3.05) is 6.54 Å². The van der Waals surface area contributed by atoms with E-state index < -0.39 is 0 Å². The van der Waals surface area contributed by atoms with Crippen molar-refractivity contribution in [2.24, 2.45) is 17.1 Å². The molecule has 0 aromatic heterocycles. The van der Waals surface area contributed by atoms with Crippen LogP contribution >= 0.6 is 0 Å². The first-order chi connectivity index (χ1) is 8.44. The molecule has 0 bridgehead atoms. The average Bonchev–Trinajstić information content (AvgIpc) is 2.29. The van der Waals surface area contributed by atoms with Crippen LogP contribution in [0.15, 0.2) is 0 Å². The molecule has 0 spiro atoms. The Balaban J connectivity index is 2.09. The molecule has 0 radical (unpaired) electrons. The molecular weight excluding hydrogens is 220 g/mol. The molecule has 2 N–H and O–H groups in total. The Morgan fingerprint density at radius 2 is 1.89 bits per heavy atom. The van der Waals surface area contributed by atoms with E-state index in [2.05, 4.69) is 32.6 Å². The minimum atomic E-state index is 0.549. The van der Waals surface area contributed by atoms with Gasteiger partial charge in [0.2, 0.25) is 0 Å². The predicted molar refractivity (Wildman–Crippen MR) is 78.6 cm³/mol. The van der Waals surface area contributed by atoms with Crippen molar-refractivity contribution >= 4 is 0 Å². The lowest BCUT2D eigenvalue weighted by atomic mass is 9.69. The highest BCUT2D eigenvalue weighted by Gasteiger charge is 2.40. The second-order valence-electron chi connectivity index (χ2n) is 7.57. The van der Waals surface area contributed by atoms with E-state index in [0.29, 0.717) is 11.5 Å². The maximum Gasteiger partial charge on any atom is 0.0224 e. The fraction of sp³-hybridized carbons (Fsp3) is 1.00. The van der Waals surface area contributed by atoms with Crippen molar-refractivity contribution in [1.29, 1.82) is 0 Å². The summed E-state index contributed by atoms with van der Waals surface area (Å²) in [5.74, 6) is 0.823. The zero-order chi connectivity index (χ0) is 13.3. The van der Waals surface area contributed by atoms with Gasteiger partial charge in [0.1, 0.15) is 0 Å². The highest BCUT2D eigenvalue weighted by atomic mass is 15.2. The van der Waals surface area contributed by atoms with Crippen LogP contribution in [0.1, 0.15) is 66.2 Å². The minimum absolute atomic E-state index is 0.549. The zero-order valence-electron chi connectivity index (χ0n) is 12.8. The number of rotatable bonds is 2. The van der Waals surface area contributed by atoms with Gasteiger partial charge in [0.25, 0.3) is 0 Å². The first kappa shape index (κ1) is 14.3. The molecule has 2 aliphatic rings. The Hall–Kier alpha value is -0.0800. The van der Waals surface area contributed by atoms with Gasteiger partial charge < -0.3 is 5.73 Å². The summed E-state index contributed by atoms with van der Waals surface area (Å²) < 4.78 is 0. The molecule has 4 unspecified atom stereocenters. The SMILES string of the molecule is CC1CC(C)(C)CCC1N1C(C)CCCC1CN. The predicted octanol–water partition coefficient (Wildman–Crippen LogP) is 3.40. The molecular formula is C16H32N2. The lowest BCUT2D eigenvalue weighted by Crippen LogP contribution is -2.57. The molecule has 0 aromatic carbocycles. The van der Waals surface area contributed by atoms with Crippen LogP contribution in [0.5, 0.6) is 0 Å². The molecule has 2 rings (SSSR count). The molecule has 18 heavy (non-hydrogen) atoms. The topological polar surface area (TPSA) is 29.3 Å². The van der Waals surface area contributed by atoms with Gasteiger partial charge in [-0.3, -0.25) is 4.90 Å². The molecule has 4 atom stereocenters. The fourth-order valence-corrected chi connectivity index (χ4v) is 4.52. The second kappa shape index (κ2) is 5.50. The van der Waals surface area contributed by atoms with Crippen molar-refractivity contribution in [3.63, 3.8) is 0 Å². The van der Waals surface area contributed by atoms with E-state index in [-0.39, 0.29) is 0 Å². The molecule has 106 valence electrons. The number of hydrogen-bond acceptors (Lipinski definition) is 2. The van der Waals surface area contributed by atoms with Gasteiger partial charge in [-0.05, 0) is 50.4 Å². The van der Waals surface area contributed by atoms with Crippen molar-refractivity contribution < 1.29 is 0 Å². The van der Waals surface area contributed by atoms with E-state index in [4.69, 9.17) is 5.73 Å². The molecule has 2 fully saturated rings. The molecule has 0 amide bonds. The van der Waals surface area contributed by atoms with Gasteiger partial charge in [-0.1, -0.05) is 27.2 Å². The quantitative estimate of drug-likeness (QED) is 0.816. The maximum atomic E-state index is 6.02. The van der Waals surface area contributed by atoms with Gasteiger partial charge >= 0.3 is 0 Å². The van der Waals surface area contributed by atoms with Crippen LogP contribution in [-0.2, 0) is 0 Å². The van der Waals surface area contributed by atoms with Gasteiger partial charge in [-0.2, -0.15) is 0 Å². The molecule has 1 heterocycles. The van der Waals surface area contributed by atoms with E-state index >= 15 is 0 Å². The summed E-state index contributed by atoms with van der Waals surface area (Å²) >= 11 is 0. The maximum absolute atomic E-state index is 6.02. The summed E-state index contributed by atoms with van der Waals surface area (Å²) in [5, 5.41) is 0. The summed E-state index contributed by atoms with van der Waals surface area (Å²) in [7, 11) is 0. The number of nitrogens with zero attached hydrogens (tertiary/aromatic N) is 1. The van der Waals surface area contributed by atoms with E-state index in [1.807, 2.05) is 0 Å². The van der Waals surface area contributed by atoms with Crippen LogP contribution in [0.2, 0.25) is 0 Å². The third-order valence-corrected chi connectivity index (χ3v) is 5.39. The molecule has 1 aliphatic heterocycles. The largest absolute Gasteiger partial charge is 0.329 e. The molecule has 1 saturated carbocycles. The van der Waals surface area contributed by atoms with Gasteiger partial charge in [0, 0.05) is 24.7 Å². The van der Waals surface area contributed by atoms with Crippen LogP contribution in [0.25, 0.3) is 0 Å². The highest BCUT2D eigenvalue weighted by Crippen LogP contribution is 2.42. The Morgan fingerprint density at radius 3 is 2.50 bits per heavy atom. The summed E-state index contributed by atoms with van der Waals surface area (Å²) in [6, 6.07) is 2.16. The standard InChI is InChI=1S/C16H32N2/c1-12-10-16(3,4)9-8-15(12)18-13(2)6-5-7-14(18)11-17/h12-15H,5-11,17H2,1-4H3. The van der Waals surface area contributed by atoms with Gasteiger partial charge in [-0.15, -0.1) is 0 Å². The van der Waals surface area contributed by atoms with E-state index in [0.717, 1.165) is 24.5 Å². The molecule has 0 aromatic rings. The first-order valence-electron chi connectivity index (χ1n) is 7.92. The second-order valence-corrected chi connectivity index (χ2v) is 7.57. The number of hydrogen-bond donors (Lipinski definition) is 1. The summed E-state index contributed by atoms with van der Waals surface area (Å²) in [6.07, 6.45) is 8.17. The van der Waals surface area contributed by atoms with Crippen molar-refractivity contribution in [1.82, 2.24) is 4.90 Å². The van der Waals surface area contributed by atoms with Crippen LogP contribution in [0.3, 0.4) is 0 Å². The minimum Gasteiger partial charge on any atom is -0.329 e. The smallest absolute Gasteiger partial charge is 0.0224 e. The molecule has 1 saturated heterocycles. The molecule has 2 nitrogen and oxygen atoms in total. The summed E-state index contributed by atoms with van der Waals surface area (Å²) in [5.41, 5.74) is 6.57. The Morgan fingerprint density at radius 1 is 1.17 bits per heavy atom. The highest BCUT2D eigenvalue weighted by molar-refractivity contribution is 4.94. The number of likely N-dealkylation sites (tertiary alicyclic amines) is 1. The van der Waals surface area contributed by atoms with Crippen LogP contribution in [0.4, 0.5) is 0 Å². The van der Waals surface area contributed by atoms with Crippen molar-refractivity contribution in [2.45, 2.75) is 84.3 Å². The Bertz CT molecular complexity index is 274. The van der Waals surface area contributed by atoms with E-state index in [1.54, 1.807) is 0 Å².